The molecule has 6 nitrogen and oxygen atoms in total. The summed E-state index contributed by atoms with van der Waals surface area (Å²) in [6.07, 6.45) is 3.34. The van der Waals surface area contributed by atoms with Crippen molar-refractivity contribution in [1.29, 1.82) is 0 Å². The molecule has 2 rings (SSSR count). The molecule has 0 aromatic rings. The van der Waals surface area contributed by atoms with Gasteiger partial charge in [0.05, 0.1) is 10.5 Å². The first kappa shape index (κ1) is 11.3. The topological polar surface area (TPSA) is 92.3 Å². The van der Waals surface area contributed by atoms with Gasteiger partial charge in [0.25, 0.3) is 0 Å². The van der Waals surface area contributed by atoms with E-state index in [0.29, 0.717) is 25.7 Å². The van der Waals surface area contributed by atoms with E-state index in [1.807, 2.05) is 9.66 Å². The Morgan fingerprint density at radius 2 is 1.13 bits per heavy atom. The van der Waals surface area contributed by atoms with Crippen LogP contribution in [0.1, 0.15) is 32.1 Å². The molecule has 2 aliphatic rings. The van der Waals surface area contributed by atoms with E-state index in [1.165, 1.54) is 0 Å². The number of nitrogens with one attached hydrogen (secondary N) is 2. The summed E-state index contributed by atoms with van der Waals surface area (Å²) >= 11 is 0. The van der Waals surface area contributed by atoms with Gasteiger partial charge < -0.3 is 0 Å². The molecule has 2 N–H and O–H groups in total. The molecule has 0 radical (unpaired) electrons. The van der Waals surface area contributed by atoms with Gasteiger partial charge in [-0.2, -0.15) is 0 Å². The Labute approximate surface area is 89.5 Å². The van der Waals surface area contributed by atoms with Crippen molar-refractivity contribution in [1.82, 2.24) is 9.66 Å². The van der Waals surface area contributed by atoms with Gasteiger partial charge in [0.1, 0.15) is 0 Å². The third-order valence-corrected chi connectivity index (χ3v) is 6.38. The average Bonchev–Trinajstić information content (AvgIpc) is 2.78. The fraction of sp³-hybridized carbons (Fsp3) is 1.00. The standard InChI is InChI=1S/C7H14N2O4S2/c10-14(11,6-2-1-3-6)8-9-15(12,13)7-4-5-7/h6-9H,1-5H2. The monoisotopic (exact) mass is 254 g/mol. The first-order valence-electron chi connectivity index (χ1n) is 4.93. The summed E-state index contributed by atoms with van der Waals surface area (Å²) in [5.74, 6) is 0. The molecule has 8 heteroatoms. The number of sulfonamides is 2. The van der Waals surface area contributed by atoms with E-state index >= 15 is 0 Å². The van der Waals surface area contributed by atoms with E-state index in [4.69, 9.17) is 0 Å². The van der Waals surface area contributed by atoms with Crippen molar-refractivity contribution >= 4 is 20.0 Å². The molecule has 2 saturated carbocycles. The van der Waals surface area contributed by atoms with Crippen LogP contribution in [0.2, 0.25) is 0 Å². The molecule has 0 amide bonds. The second kappa shape index (κ2) is 3.69. The Hall–Kier alpha value is -0.180. The van der Waals surface area contributed by atoms with Crippen molar-refractivity contribution in [3.05, 3.63) is 0 Å². The molecule has 0 saturated heterocycles. The molecule has 0 atom stereocenters. The van der Waals surface area contributed by atoms with Crippen LogP contribution >= 0.6 is 0 Å². The molecule has 0 aromatic heterocycles. The summed E-state index contributed by atoms with van der Waals surface area (Å²) in [4.78, 5) is 3.90. The molecule has 2 fully saturated rings. The fourth-order valence-corrected chi connectivity index (χ4v) is 4.32. The third kappa shape index (κ3) is 2.49. The average molecular weight is 254 g/mol. The summed E-state index contributed by atoms with van der Waals surface area (Å²) in [5, 5.41) is -0.846. The van der Waals surface area contributed by atoms with E-state index in [1.54, 1.807) is 0 Å². The number of hydrogen-bond donors (Lipinski definition) is 2. The minimum Gasteiger partial charge on any atom is -0.211 e. The van der Waals surface area contributed by atoms with Crippen LogP contribution < -0.4 is 9.66 Å². The summed E-state index contributed by atoms with van der Waals surface area (Å²) in [6, 6.07) is 0. The van der Waals surface area contributed by atoms with Crippen LogP contribution in [-0.4, -0.2) is 27.3 Å². The van der Waals surface area contributed by atoms with Gasteiger partial charge >= 0.3 is 0 Å². The second-order valence-electron chi connectivity index (χ2n) is 4.05. The van der Waals surface area contributed by atoms with Crippen molar-refractivity contribution < 1.29 is 16.8 Å². The van der Waals surface area contributed by atoms with E-state index in [9.17, 15) is 16.8 Å². The number of hydrogen-bond acceptors (Lipinski definition) is 4. The third-order valence-electron chi connectivity index (χ3n) is 2.78. The zero-order valence-electron chi connectivity index (χ0n) is 8.14. The van der Waals surface area contributed by atoms with E-state index in [-0.39, 0.29) is 0 Å². The highest BCUT2D eigenvalue weighted by atomic mass is 32.2. The lowest BCUT2D eigenvalue weighted by atomic mass is 10.0. The molecular formula is C7H14N2O4S2. The van der Waals surface area contributed by atoms with Crippen molar-refractivity contribution in [2.75, 3.05) is 0 Å². The zero-order chi connectivity index (χ0) is 11.1. The lowest BCUT2D eigenvalue weighted by molar-refractivity contribution is 0.466. The predicted molar refractivity (Wildman–Crippen MR) is 54.8 cm³/mol. The number of rotatable bonds is 5. The van der Waals surface area contributed by atoms with Crippen molar-refractivity contribution in [2.45, 2.75) is 42.6 Å². The summed E-state index contributed by atoms with van der Waals surface area (Å²) < 4.78 is 45.6. The Kier molecular flexibility index (Phi) is 2.78. The fourth-order valence-electron chi connectivity index (χ4n) is 1.34. The molecule has 2 aliphatic carbocycles. The normalized spacial score (nSPS) is 23.7. The smallest absolute Gasteiger partial charge is 0.211 e. The molecule has 0 heterocycles. The van der Waals surface area contributed by atoms with Gasteiger partial charge in [-0.3, -0.25) is 0 Å². The first-order chi connectivity index (χ1) is 6.92. The molecule has 0 aromatic carbocycles. The van der Waals surface area contributed by atoms with Crippen LogP contribution in [0.5, 0.6) is 0 Å². The van der Waals surface area contributed by atoms with Crippen molar-refractivity contribution in [3.8, 4) is 0 Å². The minimum absolute atomic E-state index is 0.415. The molecule has 0 aliphatic heterocycles. The Bertz CT molecular complexity index is 434. The SMILES string of the molecule is O=S(=O)(NNS(=O)(=O)C1CC1)C1CCC1. The van der Waals surface area contributed by atoms with Crippen LogP contribution in [0.25, 0.3) is 0 Å². The maximum atomic E-state index is 11.5. The molecular weight excluding hydrogens is 240 g/mol. The van der Waals surface area contributed by atoms with Gasteiger partial charge in [-0.15, -0.1) is 9.66 Å². The minimum atomic E-state index is -3.50. The summed E-state index contributed by atoms with van der Waals surface area (Å²) in [7, 11) is -6.98. The van der Waals surface area contributed by atoms with Gasteiger partial charge in [0.2, 0.25) is 20.0 Å². The van der Waals surface area contributed by atoms with Crippen molar-refractivity contribution in [2.24, 2.45) is 0 Å². The highest BCUT2D eigenvalue weighted by molar-refractivity contribution is 7.93. The lowest BCUT2D eigenvalue weighted by Gasteiger charge is -2.25. The molecule has 0 bridgehead atoms. The first-order valence-corrected chi connectivity index (χ1v) is 8.02. The second-order valence-corrected chi connectivity index (χ2v) is 7.97. The summed E-state index contributed by atoms with van der Waals surface area (Å²) in [6.45, 7) is 0. The van der Waals surface area contributed by atoms with Crippen LogP contribution in [-0.2, 0) is 20.0 Å². The van der Waals surface area contributed by atoms with Gasteiger partial charge in [0, 0.05) is 0 Å². The summed E-state index contributed by atoms with van der Waals surface area (Å²) in [5.41, 5.74) is 0. The Morgan fingerprint density at radius 3 is 1.40 bits per heavy atom. The van der Waals surface area contributed by atoms with Crippen LogP contribution in [0.15, 0.2) is 0 Å². The van der Waals surface area contributed by atoms with Crippen LogP contribution in [0.4, 0.5) is 0 Å². The quantitative estimate of drug-likeness (QED) is 0.644. The largest absolute Gasteiger partial charge is 0.228 e. The number of hydrazine groups is 1. The molecule has 0 unspecified atom stereocenters. The highest BCUT2D eigenvalue weighted by Crippen LogP contribution is 2.28. The Balaban J connectivity index is 1.92. The highest BCUT2D eigenvalue weighted by Gasteiger charge is 2.38. The van der Waals surface area contributed by atoms with Crippen LogP contribution in [0, 0.1) is 0 Å². The van der Waals surface area contributed by atoms with Gasteiger partial charge in [-0.05, 0) is 25.7 Å². The molecule has 15 heavy (non-hydrogen) atoms. The van der Waals surface area contributed by atoms with Crippen molar-refractivity contribution in [3.63, 3.8) is 0 Å². The van der Waals surface area contributed by atoms with E-state index in [0.717, 1.165) is 6.42 Å². The zero-order valence-corrected chi connectivity index (χ0v) is 9.77. The van der Waals surface area contributed by atoms with Crippen LogP contribution in [0.3, 0.4) is 0 Å². The maximum absolute atomic E-state index is 11.5. The van der Waals surface area contributed by atoms with Gasteiger partial charge in [0.15, 0.2) is 0 Å². The van der Waals surface area contributed by atoms with Gasteiger partial charge in [-0.1, -0.05) is 6.42 Å². The predicted octanol–water partition coefficient (Wildman–Crippen LogP) is -0.545. The van der Waals surface area contributed by atoms with Gasteiger partial charge in [-0.25, -0.2) is 16.8 Å². The van der Waals surface area contributed by atoms with E-state index < -0.39 is 30.5 Å². The lowest BCUT2D eigenvalue weighted by Crippen LogP contribution is -2.48. The van der Waals surface area contributed by atoms with E-state index in [2.05, 4.69) is 0 Å². The maximum Gasteiger partial charge on any atom is 0.228 e. The Morgan fingerprint density at radius 1 is 0.733 bits per heavy atom. The molecule has 0 spiro atoms. The molecule has 88 valence electrons.